The van der Waals surface area contributed by atoms with Crippen LogP contribution in [0.5, 0.6) is 0 Å². The minimum absolute atomic E-state index is 0.245. The molecule has 0 aliphatic rings. The van der Waals surface area contributed by atoms with Gasteiger partial charge >= 0.3 is 0 Å². The van der Waals surface area contributed by atoms with Crippen molar-refractivity contribution >= 4 is 5.88 Å². The number of nitrogens with zero attached hydrogens (tertiary/aromatic N) is 2. The van der Waals surface area contributed by atoms with Gasteiger partial charge in [-0.3, -0.25) is 0 Å². The first-order chi connectivity index (χ1) is 2.89. The van der Waals surface area contributed by atoms with Crippen molar-refractivity contribution in [2.24, 2.45) is 0 Å². The second kappa shape index (κ2) is 0.965. The molecule has 1 aromatic rings. The van der Waals surface area contributed by atoms with E-state index in [1.165, 1.54) is 6.20 Å². The molecule has 0 bridgehead atoms. The van der Waals surface area contributed by atoms with Crippen molar-refractivity contribution in [2.45, 2.75) is 0 Å². The van der Waals surface area contributed by atoms with E-state index in [1.54, 1.807) is 0 Å². The minimum Gasteiger partial charge on any atom is -0.366 e. The zero-order valence-corrected chi connectivity index (χ0v) is 2.96. The van der Waals surface area contributed by atoms with Crippen LogP contribution in [0.4, 0.5) is 5.88 Å². The maximum Gasteiger partial charge on any atom is 0.242 e. The van der Waals surface area contributed by atoms with Crippen LogP contribution in [0.25, 0.3) is 0 Å². The highest BCUT2D eigenvalue weighted by Crippen LogP contribution is 1.88. The third-order valence-corrected chi connectivity index (χ3v) is 0.378. The van der Waals surface area contributed by atoms with Crippen molar-refractivity contribution in [3.63, 3.8) is 0 Å². The fourth-order valence-electron chi connectivity index (χ4n) is 0.175. The van der Waals surface area contributed by atoms with Crippen LogP contribution in [0.3, 0.4) is 0 Å². The lowest BCUT2D eigenvalue weighted by Crippen LogP contribution is -1.75. The summed E-state index contributed by atoms with van der Waals surface area (Å²) in [4.78, 5) is 0. The van der Waals surface area contributed by atoms with E-state index in [0.717, 1.165) is 0 Å². The van der Waals surface area contributed by atoms with Crippen LogP contribution in [0.15, 0.2) is 10.7 Å². The molecule has 4 nitrogen and oxygen atoms in total. The Bertz CT molecular complexity index is 112. The summed E-state index contributed by atoms with van der Waals surface area (Å²) in [7, 11) is 0. The largest absolute Gasteiger partial charge is 0.366 e. The van der Waals surface area contributed by atoms with Crippen LogP contribution in [0.1, 0.15) is 0 Å². The molecule has 0 aliphatic carbocycles. The van der Waals surface area contributed by atoms with Crippen molar-refractivity contribution in [1.82, 2.24) is 10.4 Å². The molecule has 0 aromatic carbocycles. The molecule has 0 spiro atoms. The SMILES string of the molecule is Nc1cnno1. The molecule has 2 N–H and O–H groups in total. The van der Waals surface area contributed by atoms with Gasteiger partial charge in [0.2, 0.25) is 5.88 Å². The van der Waals surface area contributed by atoms with Gasteiger partial charge < -0.3 is 10.3 Å². The fraction of sp³-hybridized carbons (Fsp3) is 0. The smallest absolute Gasteiger partial charge is 0.242 e. The Hall–Kier alpha value is -1.06. The summed E-state index contributed by atoms with van der Waals surface area (Å²) in [5, 5.41) is 6.35. The predicted octanol–water partition coefficient (Wildman–Crippen LogP) is -0.348. The van der Waals surface area contributed by atoms with Crippen LogP contribution < -0.4 is 5.73 Å². The van der Waals surface area contributed by atoms with Crippen LogP contribution in [-0.4, -0.2) is 10.4 Å². The fourth-order valence-corrected chi connectivity index (χ4v) is 0.175. The molecule has 32 valence electrons. The van der Waals surface area contributed by atoms with E-state index >= 15 is 0 Å². The number of anilines is 1. The molecule has 0 saturated heterocycles. The molecule has 0 fully saturated rings. The number of hydrogen-bond donors (Lipinski definition) is 1. The first-order valence-electron chi connectivity index (χ1n) is 1.42. The number of nitrogen functional groups attached to an aromatic ring is 1. The molecule has 1 rings (SSSR count). The number of rotatable bonds is 0. The molecule has 6 heavy (non-hydrogen) atoms. The van der Waals surface area contributed by atoms with Crippen LogP contribution in [0.2, 0.25) is 0 Å². The Balaban J connectivity index is 3.05. The average Bonchev–Trinajstić information content (AvgIpc) is 1.86. The third kappa shape index (κ3) is 0.314. The predicted molar refractivity (Wildman–Crippen MR) is 18.7 cm³/mol. The van der Waals surface area contributed by atoms with Crippen LogP contribution in [0, 0.1) is 0 Å². The summed E-state index contributed by atoms with van der Waals surface area (Å²) in [6, 6.07) is 0. The highest BCUT2D eigenvalue weighted by atomic mass is 16.5. The van der Waals surface area contributed by atoms with E-state index in [-0.39, 0.29) is 5.88 Å². The summed E-state index contributed by atoms with van der Waals surface area (Å²) < 4.78 is 4.25. The molecule has 0 saturated carbocycles. The van der Waals surface area contributed by atoms with Crippen molar-refractivity contribution < 1.29 is 4.52 Å². The molecule has 1 aromatic heterocycles. The third-order valence-electron chi connectivity index (χ3n) is 0.378. The first kappa shape index (κ1) is 3.14. The van der Waals surface area contributed by atoms with E-state index in [1.807, 2.05) is 0 Å². The van der Waals surface area contributed by atoms with Crippen molar-refractivity contribution in [3.8, 4) is 0 Å². The molecule has 4 heteroatoms. The van der Waals surface area contributed by atoms with E-state index < -0.39 is 0 Å². The van der Waals surface area contributed by atoms with Crippen LogP contribution >= 0.6 is 0 Å². The highest BCUT2D eigenvalue weighted by Gasteiger charge is 1.80. The van der Waals surface area contributed by atoms with Gasteiger partial charge in [-0.2, -0.15) is 0 Å². The topological polar surface area (TPSA) is 64.9 Å². The average molecular weight is 85.1 g/mol. The van der Waals surface area contributed by atoms with Crippen molar-refractivity contribution in [1.29, 1.82) is 0 Å². The van der Waals surface area contributed by atoms with E-state index in [0.29, 0.717) is 0 Å². The van der Waals surface area contributed by atoms with Gasteiger partial charge in [0.15, 0.2) is 0 Å². The molecule has 0 amide bonds. The van der Waals surface area contributed by atoms with Crippen molar-refractivity contribution in [3.05, 3.63) is 6.20 Å². The Kier molecular flexibility index (Phi) is 0.506. The van der Waals surface area contributed by atoms with Crippen molar-refractivity contribution in [2.75, 3.05) is 5.73 Å². The lowest BCUT2D eigenvalue weighted by Gasteiger charge is -1.64. The van der Waals surface area contributed by atoms with E-state index in [2.05, 4.69) is 14.9 Å². The van der Waals surface area contributed by atoms with Crippen LogP contribution in [-0.2, 0) is 0 Å². The summed E-state index contributed by atoms with van der Waals surface area (Å²) in [5.74, 6) is 0.245. The van der Waals surface area contributed by atoms with Gasteiger partial charge in [-0.1, -0.05) is 0 Å². The van der Waals surface area contributed by atoms with Gasteiger partial charge in [0.1, 0.15) is 6.20 Å². The van der Waals surface area contributed by atoms with Gasteiger partial charge in [0.05, 0.1) is 0 Å². The number of nitrogens with two attached hydrogens (primary N) is 1. The summed E-state index contributed by atoms with van der Waals surface area (Å²) in [5.41, 5.74) is 4.99. The van der Waals surface area contributed by atoms with Gasteiger partial charge in [-0.25, -0.2) is 0 Å². The summed E-state index contributed by atoms with van der Waals surface area (Å²) >= 11 is 0. The number of hydrogen-bond acceptors (Lipinski definition) is 4. The lowest BCUT2D eigenvalue weighted by atomic mass is 10.9. The van der Waals surface area contributed by atoms with Gasteiger partial charge in [0.25, 0.3) is 0 Å². The number of aromatic nitrogens is 2. The first-order valence-corrected chi connectivity index (χ1v) is 1.42. The monoisotopic (exact) mass is 85.0 g/mol. The molecule has 1 heterocycles. The molecule has 0 radical (unpaired) electrons. The summed E-state index contributed by atoms with van der Waals surface area (Å²) in [6.07, 6.45) is 1.33. The molecule has 0 unspecified atom stereocenters. The molecule has 0 aliphatic heterocycles. The second-order valence-corrected chi connectivity index (χ2v) is 0.820. The van der Waals surface area contributed by atoms with Gasteiger partial charge in [-0.15, -0.1) is 5.10 Å². The minimum atomic E-state index is 0.245. The van der Waals surface area contributed by atoms with Gasteiger partial charge in [-0.05, 0) is 0 Å². The lowest BCUT2D eigenvalue weighted by molar-refractivity contribution is 0.407. The normalized spacial score (nSPS) is 8.67. The molecular weight excluding hydrogens is 82.0 g/mol. The zero-order chi connectivity index (χ0) is 4.41. The molecular formula is C2H3N3O. The molecule has 0 atom stereocenters. The quantitative estimate of drug-likeness (QED) is 0.467. The standard InChI is InChI=1S/C2H3N3O/c3-2-1-4-5-6-2/h1H,3H2. The van der Waals surface area contributed by atoms with E-state index in [4.69, 9.17) is 5.73 Å². The highest BCUT2D eigenvalue weighted by molar-refractivity contribution is 5.13. The Labute approximate surface area is 33.9 Å². The second-order valence-electron chi connectivity index (χ2n) is 0.820. The van der Waals surface area contributed by atoms with Gasteiger partial charge in [0, 0.05) is 5.27 Å². The Morgan fingerprint density at radius 1 is 1.83 bits per heavy atom. The zero-order valence-electron chi connectivity index (χ0n) is 2.96. The maximum atomic E-state index is 4.99. The maximum absolute atomic E-state index is 4.99. The van der Waals surface area contributed by atoms with E-state index in [9.17, 15) is 0 Å². The Morgan fingerprint density at radius 2 is 2.67 bits per heavy atom. The Morgan fingerprint density at radius 3 is 2.83 bits per heavy atom. The summed E-state index contributed by atoms with van der Waals surface area (Å²) in [6.45, 7) is 0.